The molecule has 0 aliphatic carbocycles. The zero-order valence-electron chi connectivity index (χ0n) is 16.3. The minimum Gasteiger partial charge on any atom is -0.423 e. The van der Waals surface area contributed by atoms with Crippen LogP contribution in [-0.4, -0.2) is 15.0 Å². The van der Waals surface area contributed by atoms with E-state index < -0.39 is 0 Å². The van der Waals surface area contributed by atoms with E-state index in [0.29, 0.717) is 23.1 Å². The topological polar surface area (TPSA) is 89.9 Å². The number of aromatic nitrogens is 3. The van der Waals surface area contributed by atoms with Gasteiger partial charge in [-0.15, -0.1) is 0 Å². The molecule has 0 bridgehead atoms. The summed E-state index contributed by atoms with van der Waals surface area (Å²) < 4.78 is 5.85. The molecule has 2 heterocycles. The predicted octanol–water partition coefficient (Wildman–Crippen LogP) is 5.20. The second-order valence-electron chi connectivity index (χ2n) is 6.59. The summed E-state index contributed by atoms with van der Waals surface area (Å²) in [4.78, 5) is 12.9. The van der Waals surface area contributed by atoms with Gasteiger partial charge in [0.1, 0.15) is 17.7 Å². The molecule has 0 atom stereocenters. The summed E-state index contributed by atoms with van der Waals surface area (Å²) in [5, 5.41) is 3.14. The van der Waals surface area contributed by atoms with Gasteiger partial charge >= 0.3 is 0 Å². The Balaban J connectivity index is 1.63. The molecular formula is C23H21N5O. The van der Waals surface area contributed by atoms with Crippen molar-refractivity contribution in [2.75, 3.05) is 11.1 Å². The molecule has 6 nitrogen and oxygen atoms in total. The quantitative estimate of drug-likeness (QED) is 0.460. The standard InChI is InChI=1S/C23H21N5O/c1-4-18(21-15(3)25-13-26-22(21)24)14(2)27-23-28-19-12-17(10-11-20(19)29-23)16-8-6-5-7-9-16/h4-13H,2H2,1,3H3,(H,27,28)(H2,24,25,26)/b18-4-. The maximum atomic E-state index is 6.06. The Morgan fingerprint density at radius 2 is 1.90 bits per heavy atom. The molecule has 3 N–H and O–H groups in total. The zero-order chi connectivity index (χ0) is 20.4. The van der Waals surface area contributed by atoms with Crippen molar-refractivity contribution in [2.24, 2.45) is 0 Å². The van der Waals surface area contributed by atoms with Crippen molar-refractivity contribution in [3.8, 4) is 11.1 Å². The van der Waals surface area contributed by atoms with Gasteiger partial charge in [-0.25, -0.2) is 9.97 Å². The third-order valence-corrected chi connectivity index (χ3v) is 4.70. The summed E-state index contributed by atoms with van der Waals surface area (Å²) in [6.07, 6.45) is 3.36. The van der Waals surface area contributed by atoms with Crippen LogP contribution in [0.1, 0.15) is 18.2 Å². The lowest BCUT2D eigenvalue weighted by Crippen LogP contribution is -2.07. The van der Waals surface area contributed by atoms with Gasteiger partial charge in [0, 0.05) is 16.8 Å². The van der Waals surface area contributed by atoms with Crippen molar-refractivity contribution >= 4 is 28.5 Å². The highest BCUT2D eigenvalue weighted by molar-refractivity contribution is 5.87. The first-order valence-corrected chi connectivity index (χ1v) is 9.23. The largest absolute Gasteiger partial charge is 0.423 e. The average molecular weight is 383 g/mol. The lowest BCUT2D eigenvalue weighted by atomic mass is 10.0. The summed E-state index contributed by atoms with van der Waals surface area (Å²) in [5.41, 5.74) is 12.7. The van der Waals surface area contributed by atoms with Crippen LogP contribution < -0.4 is 11.1 Å². The molecule has 2 aromatic carbocycles. The Morgan fingerprint density at radius 1 is 1.10 bits per heavy atom. The Hall–Kier alpha value is -3.93. The molecule has 6 heteroatoms. The lowest BCUT2D eigenvalue weighted by molar-refractivity contribution is 0.621. The Kier molecular flexibility index (Phi) is 4.83. The van der Waals surface area contributed by atoms with Crippen LogP contribution in [0.5, 0.6) is 0 Å². The van der Waals surface area contributed by atoms with Gasteiger partial charge in [0.05, 0.1) is 5.69 Å². The molecule has 144 valence electrons. The average Bonchev–Trinajstić information content (AvgIpc) is 3.12. The molecule has 0 unspecified atom stereocenters. The maximum absolute atomic E-state index is 6.06. The fourth-order valence-corrected chi connectivity index (χ4v) is 3.28. The van der Waals surface area contributed by atoms with Crippen LogP contribution in [0.4, 0.5) is 11.8 Å². The number of nitrogens with two attached hydrogens (primary N) is 1. The van der Waals surface area contributed by atoms with E-state index in [2.05, 4.69) is 39.0 Å². The molecule has 4 aromatic rings. The smallest absolute Gasteiger partial charge is 0.300 e. The van der Waals surface area contributed by atoms with E-state index in [1.807, 2.05) is 56.3 Å². The highest BCUT2D eigenvalue weighted by atomic mass is 16.4. The van der Waals surface area contributed by atoms with E-state index >= 15 is 0 Å². The molecule has 0 saturated carbocycles. The van der Waals surface area contributed by atoms with Gasteiger partial charge in [-0.1, -0.05) is 49.1 Å². The van der Waals surface area contributed by atoms with Crippen molar-refractivity contribution in [1.29, 1.82) is 0 Å². The number of anilines is 2. The van der Waals surface area contributed by atoms with Crippen LogP contribution in [0.25, 0.3) is 27.8 Å². The first kappa shape index (κ1) is 18.4. The van der Waals surface area contributed by atoms with Gasteiger partial charge in [0.2, 0.25) is 0 Å². The number of nitrogens with zero attached hydrogens (tertiary/aromatic N) is 3. The summed E-state index contributed by atoms with van der Waals surface area (Å²) in [5.74, 6) is 0.401. The van der Waals surface area contributed by atoms with Gasteiger partial charge in [-0.3, -0.25) is 0 Å². The minimum absolute atomic E-state index is 0.364. The number of fused-ring (bicyclic) bond motifs is 1. The van der Waals surface area contributed by atoms with Crippen LogP contribution >= 0.6 is 0 Å². The Morgan fingerprint density at radius 3 is 2.62 bits per heavy atom. The van der Waals surface area contributed by atoms with Crippen molar-refractivity contribution in [2.45, 2.75) is 13.8 Å². The molecule has 0 aliphatic heterocycles. The van der Waals surface area contributed by atoms with Gasteiger partial charge in [-0.05, 0) is 37.1 Å². The fraction of sp³-hybridized carbons (Fsp3) is 0.0870. The molecule has 0 aliphatic rings. The number of hydrogen-bond acceptors (Lipinski definition) is 6. The van der Waals surface area contributed by atoms with Crippen molar-refractivity contribution < 1.29 is 4.42 Å². The molecule has 0 fully saturated rings. The molecule has 0 radical (unpaired) electrons. The van der Waals surface area contributed by atoms with E-state index in [1.54, 1.807) is 0 Å². The second-order valence-corrected chi connectivity index (χ2v) is 6.59. The molecule has 0 spiro atoms. The van der Waals surface area contributed by atoms with Crippen LogP contribution in [-0.2, 0) is 0 Å². The number of rotatable bonds is 5. The predicted molar refractivity (Wildman–Crippen MR) is 117 cm³/mol. The summed E-state index contributed by atoms with van der Waals surface area (Å²) in [6, 6.07) is 16.5. The fourth-order valence-electron chi connectivity index (χ4n) is 3.28. The highest BCUT2D eigenvalue weighted by Crippen LogP contribution is 2.30. The first-order valence-electron chi connectivity index (χ1n) is 9.23. The van der Waals surface area contributed by atoms with Gasteiger partial charge in [0.25, 0.3) is 6.01 Å². The summed E-state index contributed by atoms with van der Waals surface area (Å²) in [7, 11) is 0. The molecule has 0 saturated heterocycles. The van der Waals surface area contributed by atoms with Crippen LogP contribution in [0.3, 0.4) is 0 Å². The minimum atomic E-state index is 0.364. The number of nitrogen functional groups attached to an aromatic ring is 1. The Bertz CT molecular complexity index is 1200. The van der Waals surface area contributed by atoms with Crippen molar-refractivity contribution in [1.82, 2.24) is 15.0 Å². The van der Waals surface area contributed by atoms with Crippen molar-refractivity contribution in [3.63, 3.8) is 0 Å². The number of aryl methyl sites for hydroxylation is 1. The van der Waals surface area contributed by atoms with Crippen molar-refractivity contribution in [3.05, 3.63) is 84.5 Å². The summed E-state index contributed by atoms with van der Waals surface area (Å²) >= 11 is 0. The van der Waals surface area contributed by atoms with Crippen LogP contribution in [0, 0.1) is 6.92 Å². The monoisotopic (exact) mass is 383 g/mol. The van der Waals surface area contributed by atoms with Crippen LogP contribution in [0.15, 0.2) is 77.6 Å². The van der Waals surface area contributed by atoms with E-state index in [0.717, 1.165) is 33.5 Å². The first-order chi connectivity index (χ1) is 14.1. The second kappa shape index (κ2) is 7.59. The number of nitrogens with one attached hydrogen (secondary N) is 1. The normalized spacial score (nSPS) is 11.6. The highest BCUT2D eigenvalue weighted by Gasteiger charge is 2.16. The van der Waals surface area contributed by atoms with Crippen LogP contribution in [0.2, 0.25) is 0 Å². The van der Waals surface area contributed by atoms with Gasteiger partial charge in [0.15, 0.2) is 5.58 Å². The lowest BCUT2D eigenvalue weighted by Gasteiger charge is -2.14. The third kappa shape index (κ3) is 3.60. The van der Waals surface area contributed by atoms with E-state index in [4.69, 9.17) is 10.2 Å². The van der Waals surface area contributed by atoms with Gasteiger partial charge in [-0.2, -0.15) is 4.98 Å². The third-order valence-electron chi connectivity index (χ3n) is 4.70. The zero-order valence-corrected chi connectivity index (χ0v) is 16.3. The molecular weight excluding hydrogens is 362 g/mol. The molecule has 4 rings (SSSR count). The molecule has 29 heavy (non-hydrogen) atoms. The SMILES string of the molecule is C=C(Nc1nc2cc(-c3ccccc3)ccc2o1)/C(=C/C)c1c(C)ncnc1N. The summed E-state index contributed by atoms with van der Waals surface area (Å²) in [6.45, 7) is 7.92. The number of benzene rings is 2. The van der Waals surface area contributed by atoms with Gasteiger partial charge < -0.3 is 15.5 Å². The molecule has 0 amide bonds. The number of allylic oxidation sites excluding steroid dienone is 2. The Labute approximate surface area is 168 Å². The van der Waals surface area contributed by atoms with E-state index in [-0.39, 0.29) is 0 Å². The van der Waals surface area contributed by atoms with E-state index in [1.165, 1.54) is 6.33 Å². The van der Waals surface area contributed by atoms with E-state index in [9.17, 15) is 0 Å². The maximum Gasteiger partial charge on any atom is 0.300 e. The number of oxazole rings is 1. The molecule has 2 aromatic heterocycles. The number of hydrogen-bond donors (Lipinski definition) is 2.